The highest BCUT2D eigenvalue weighted by Crippen LogP contribution is 2.27. The number of carboxylic acids is 2. The fourth-order valence-electron chi connectivity index (χ4n) is 2.17. The van der Waals surface area contributed by atoms with Crippen molar-refractivity contribution in [1.29, 1.82) is 0 Å². The Bertz CT molecular complexity index is 529. The summed E-state index contributed by atoms with van der Waals surface area (Å²) in [6.07, 6.45) is 2.73. The zero-order valence-electron chi connectivity index (χ0n) is 13.8. The van der Waals surface area contributed by atoms with E-state index < -0.39 is 11.9 Å². The Hall–Kier alpha value is -2.32. The van der Waals surface area contributed by atoms with E-state index in [1.807, 2.05) is 18.2 Å². The quantitative estimate of drug-likeness (QED) is 0.660. The Kier molecular flexibility index (Phi) is 8.59. The Labute approximate surface area is 140 Å². The largest absolute Gasteiger partial charge is 0.493 e. The fourth-order valence-corrected chi connectivity index (χ4v) is 2.17. The van der Waals surface area contributed by atoms with Crippen molar-refractivity contribution < 1.29 is 34.0 Å². The van der Waals surface area contributed by atoms with E-state index in [4.69, 9.17) is 34.0 Å². The standard InChI is InChI=1S/C14H21NO3.C2H2O4/c1-16-13-6-5-11(8-14(13)17-2)9-15-10-12-4-3-7-18-12;3-1(4)2(5)6/h5-6,8,12,15H,3-4,7,9-10H2,1-2H3;(H,3,4)(H,5,6). The topological polar surface area (TPSA) is 114 Å². The molecule has 134 valence electrons. The maximum Gasteiger partial charge on any atom is 0.414 e. The number of carbonyl (C=O) groups is 2. The molecule has 1 unspecified atom stereocenters. The summed E-state index contributed by atoms with van der Waals surface area (Å²) in [6.45, 7) is 2.64. The molecule has 2 rings (SSSR count). The van der Waals surface area contributed by atoms with Crippen molar-refractivity contribution in [3.05, 3.63) is 23.8 Å². The predicted octanol–water partition coefficient (Wildman–Crippen LogP) is 1.13. The molecule has 0 aromatic heterocycles. The minimum atomic E-state index is -1.82. The van der Waals surface area contributed by atoms with Crippen molar-refractivity contribution in [3.63, 3.8) is 0 Å². The summed E-state index contributed by atoms with van der Waals surface area (Å²) >= 11 is 0. The van der Waals surface area contributed by atoms with Crippen molar-refractivity contribution in [1.82, 2.24) is 5.32 Å². The maximum absolute atomic E-state index is 9.10. The van der Waals surface area contributed by atoms with Crippen molar-refractivity contribution in [2.75, 3.05) is 27.4 Å². The van der Waals surface area contributed by atoms with Crippen LogP contribution in [0.1, 0.15) is 18.4 Å². The lowest BCUT2D eigenvalue weighted by Crippen LogP contribution is -2.25. The van der Waals surface area contributed by atoms with Crippen LogP contribution in [-0.4, -0.2) is 55.6 Å². The molecule has 0 aliphatic carbocycles. The number of ether oxygens (including phenoxy) is 3. The average Bonchev–Trinajstić information content (AvgIpc) is 3.08. The van der Waals surface area contributed by atoms with Crippen LogP contribution in [0.4, 0.5) is 0 Å². The number of hydrogen-bond donors (Lipinski definition) is 3. The van der Waals surface area contributed by atoms with E-state index in [9.17, 15) is 0 Å². The highest BCUT2D eigenvalue weighted by Gasteiger charge is 2.14. The van der Waals surface area contributed by atoms with Crippen molar-refractivity contribution in [2.45, 2.75) is 25.5 Å². The van der Waals surface area contributed by atoms with Gasteiger partial charge >= 0.3 is 11.9 Å². The third kappa shape index (κ3) is 6.84. The summed E-state index contributed by atoms with van der Waals surface area (Å²) in [5.41, 5.74) is 1.19. The zero-order chi connectivity index (χ0) is 17.9. The summed E-state index contributed by atoms with van der Waals surface area (Å²) in [4.78, 5) is 18.2. The van der Waals surface area contributed by atoms with Gasteiger partial charge in [-0.15, -0.1) is 0 Å². The van der Waals surface area contributed by atoms with E-state index in [1.165, 1.54) is 18.4 Å². The monoisotopic (exact) mass is 341 g/mol. The minimum absolute atomic E-state index is 0.380. The van der Waals surface area contributed by atoms with Gasteiger partial charge in [-0.05, 0) is 30.5 Å². The van der Waals surface area contributed by atoms with Crippen molar-refractivity contribution in [3.8, 4) is 11.5 Å². The smallest absolute Gasteiger partial charge is 0.414 e. The molecule has 0 spiro atoms. The molecule has 3 N–H and O–H groups in total. The second kappa shape index (κ2) is 10.5. The van der Waals surface area contributed by atoms with Gasteiger partial charge in [0.2, 0.25) is 0 Å². The van der Waals surface area contributed by atoms with Crippen LogP contribution in [0.25, 0.3) is 0 Å². The van der Waals surface area contributed by atoms with Gasteiger partial charge in [0.15, 0.2) is 11.5 Å². The molecule has 0 bridgehead atoms. The summed E-state index contributed by atoms with van der Waals surface area (Å²) < 4.78 is 16.1. The summed E-state index contributed by atoms with van der Waals surface area (Å²) in [5.74, 6) is -2.11. The predicted molar refractivity (Wildman–Crippen MR) is 85.5 cm³/mol. The fraction of sp³-hybridized carbons (Fsp3) is 0.500. The van der Waals surface area contributed by atoms with Crippen LogP contribution in [0.5, 0.6) is 11.5 Å². The lowest BCUT2D eigenvalue weighted by Gasteiger charge is -2.12. The molecule has 1 saturated heterocycles. The van der Waals surface area contributed by atoms with Crippen molar-refractivity contribution >= 4 is 11.9 Å². The number of methoxy groups -OCH3 is 2. The number of benzene rings is 1. The van der Waals surface area contributed by atoms with Crippen LogP contribution in [0.2, 0.25) is 0 Å². The molecule has 0 radical (unpaired) electrons. The molecular weight excluding hydrogens is 318 g/mol. The third-order valence-corrected chi connectivity index (χ3v) is 3.36. The van der Waals surface area contributed by atoms with Crippen LogP contribution >= 0.6 is 0 Å². The number of rotatable bonds is 6. The molecule has 1 heterocycles. The summed E-state index contributed by atoms with van der Waals surface area (Å²) in [7, 11) is 3.30. The van der Waals surface area contributed by atoms with E-state index in [1.54, 1.807) is 14.2 Å². The Morgan fingerprint density at radius 1 is 1.21 bits per heavy atom. The SMILES string of the molecule is COc1ccc(CNCC2CCCO2)cc1OC.O=C(O)C(=O)O. The van der Waals surface area contributed by atoms with Crippen LogP contribution < -0.4 is 14.8 Å². The number of carboxylic acid groups (broad SMARTS) is 2. The van der Waals surface area contributed by atoms with E-state index in [-0.39, 0.29) is 0 Å². The summed E-state index contributed by atoms with van der Waals surface area (Å²) in [6, 6.07) is 5.98. The third-order valence-electron chi connectivity index (χ3n) is 3.36. The molecule has 1 aliphatic rings. The Balaban J connectivity index is 0.000000413. The molecular formula is C16H23NO7. The molecule has 1 aromatic carbocycles. The second-order valence-corrected chi connectivity index (χ2v) is 5.07. The molecule has 1 aliphatic heterocycles. The van der Waals surface area contributed by atoms with Crippen molar-refractivity contribution in [2.24, 2.45) is 0 Å². The summed E-state index contributed by atoms with van der Waals surface area (Å²) in [5, 5.41) is 18.2. The van der Waals surface area contributed by atoms with Gasteiger partial charge in [0.1, 0.15) is 0 Å². The number of aliphatic carboxylic acids is 2. The molecule has 0 amide bonds. The van der Waals surface area contributed by atoms with E-state index in [0.29, 0.717) is 6.10 Å². The highest BCUT2D eigenvalue weighted by molar-refractivity contribution is 6.27. The molecule has 1 fully saturated rings. The van der Waals surface area contributed by atoms with Gasteiger partial charge in [0.05, 0.1) is 20.3 Å². The molecule has 24 heavy (non-hydrogen) atoms. The minimum Gasteiger partial charge on any atom is -0.493 e. The van der Waals surface area contributed by atoms with E-state index in [0.717, 1.165) is 31.2 Å². The molecule has 1 atom stereocenters. The van der Waals surface area contributed by atoms with E-state index >= 15 is 0 Å². The van der Waals surface area contributed by atoms with Crippen LogP contribution in [0.3, 0.4) is 0 Å². The lowest BCUT2D eigenvalue weighted by atomic mass is 10.2. The first-order valence-electron chi connectivity index (χ1n) is 7.47. The molecule has 1 aromatic rings. The highest BCUT2D eigenvalue weighted by atomic mass is 16.5. The number of nitrogens with one attached hydrogen (secondary N) is 1. The molecule has 8 heteroatoms. The van der Waals surface area contributed by atoms with Crippen LogP contribution in [0, 0.1) is 0 Å². The van der Waals surface area contributed by atoms with Crippen LogP contribution in [0.15, 0.2) is 18.2 Å². The normalized spacial score (nSPS) is 16.0. The van der Waals surface area contributed by atoms with Crippen LogP contribution in [-0.2, 0) is 20.9 Å². The van der Waals surface area contributed by atoms with Gasteiger partial charge in [-0.2, -0.15) is 0 Å². The molecule has 0 saturated carbocycles. The first-order valence-corrected chi connectivity index (χ1v) is 7.47. The zero-order valence-corrected chi connectivity index (χ0v) is 13.8. The lowest BCUT2D eigenvalue weighted by molar-refractivity contribution is -0.159. The average molecular weight is 341 g/mol. The van der Waals surface area contributed by atoms with Gasteiger partial charge < -0.3 is 29.7 Å². The molecule has 8 nitrogen and oxygen atoms in total. The maximum atomic E-state index is 9.10. The second-order valence-electron chi connectivity index (χ2n) is 5.07. The first kappa shape index (κ1) is 19.7. The Morgan fingerprint density at radius 2 is 1.88 bits per heavy atom. The van der Waals surface area contributed by atoms with Gasteiger partial charge in [-0.3, -0.25) is 0 Å². The first-order chi connectivity index (χ1) is 11.5. The van der Waals surface area contributed by atoms with Gasteiger partial charge in [-0.1, -0.05) is 6.07 Å². The van der Waals surface area contributed by atoms with E-state index in [2.05, 4.69) is 5.32 Å². The van der Waals surface area contributed by atoms with Gasteiger partial charge in [-0.25, -0.2) is 9.59 Å². The van der Waals surface area contributed by atoms with Gasteiger partial charge in [0, 0.05) is 19.7 Å². The Morgan fingerprint density at radius 3 is 2.38 bits per heavy atom. The van der Waals surface area contributed by atoms with Gasteiger partial charge in [0.25, 0.3) is 0 Å². The number of hydrogen-bond acceptors (Lipinski definition) is 6.